The lowest BCUT2D eigenvalue weighted by molar-refractivity contribution is 0.0730. The molecule has 0 unspecified atom stereocenters. The van der Waals surface area contributed by atoms with Crippen molar-refractivity contribution in [1.82, 2.24) is 13.7 Å². The number of rotatable bonds is 2. The van der Waals surface area contributed by atoms with E-state index in [0.717, 1.165) is 10.7 Å². The fraction of sp³-hybridized carbons (Fsp3) is 0.250. The molecule has 4 heterocycles. The van der Waals surface area contributed by atoms with Crippen LogP contribution in [-0.2, 0) is 14.8 Å². The summed E-state index contributed by atoms with van der Waals surface area (Å²) in [7, 11) is -3.58. The van der Waals surface area contributed by atoms with E-state index in [0.29, 0.717) is 43.6 Å². The first-order valence-electron chi connectivity index (χ1n) is 8.02. The largest absolute Gasteiger partial charge is 0.435 e. The Bertz CT molecular complexity index is 1130. The molecule has 0 aliphatic carbocycles. The minimum absolute atomic E-state index is 0.196. The summed E-state index contributed by atoms with van der Waals surface area (Å²) in [6.07, 6.45) is 3.55. The molecule has 2 aromatic heterocycles. The molecule has 0 N–H and O–H groups in total. The van der Waals surface area contributed by atoms with Crippen molar-refractivity contribution in [2.45, 2.75) is 4.90 Å². The van der Waals surface area contributed by atoms with E-state index in [-0.39, 0.29) is 4.90 Å². The van der Waals surface area contributed by atoms with Gasteiger partial charge in [0.25, 0.3) is 0 Å². The van der Waals surface area contributed by atoms with Crippen molar-refractivity contribution >= 4 is 38.2 Å². The van der Waals surface area contributed by atoms with Gasteiger partial charge in [-0.25, -0.2) is 8.42 Å². The van der Waals surface area contributed by atoms with E-state index >= 15 is 0 Å². The number of ether oxygens (including phenoxy) is 2. The van der Waals surface area contributed by atoms with Gasteiger partial charge in [0.15, 0.2) is 10.7 Å². The summed E-state index contributed by atoms with van der Waals surface area (Å²) >= 11 is 1.51. The highest BCUT2D eigenvalue weighted by molar-refractivity contribution is 7.89. The van der Waals surface area contributed by atoms with Crippen LogP contribution in [0.1, 0.15) is 5.69 Å². The molecule has 1 aromatic carbocycles. The van der Waals surface area contributed by atoms with Gasteiger partial charge in [-0.3, -0.25) is 9.39 Å². The molecule has 26 heavy (non-hydrogen) atoms. The van der Waals surface area contributed by atoms with Gasteiger partial charge in [0.1, 0.15) is 11.4 Å². The van der Waals surface area contributed by atoms with Gasteiger partial charge in [-0.1, -0.05) is 0 Å². The maximum Gasteiger partial charge on any atom is 0.248 e. The molecule has 0 radical (unpaired) electrons. The van der Waals surface area contributed by atoms with Crippen molar-refractivity contribution in [2.24, 2.45) is 4.99 Å². The van der Waals surface area contributed by atoms with Crippen molar-refractivity contribution < 1.29 is 17.9 Å². The molecular weight excluding hydrogens is 376 g/mol. The van der Waals surface area contributed by atoms with E-state index in [1.165, 1.54) is 21.7 Å². The van der Waals surface area contributed by atoms with E-state index in [2.05, 4.69) is 9.98 Å². The molecule has 1 saturated heterocycles. The van der Waals surface area contributed by atoms with Crippen LogP contribution in [0.25, 0.3) is 4.96 Å². The van der Waals surface area contributed by atoms with E-state index in [1.54, 1.807) is 18.3 Å². The first-order valence-corrected chi connectivity index (χ1v) is 10.3. The summed E-state index contributed by atoms with van der Waals surface area (Å²) in [5.41, 5.74) is 1.19. The molecule has 5 rings (SSSR count). The van der Waals surface area contributed by atoms with Crippen LogP contribution in [0.2, 0.25) is 0 Å². The standard InChI is InChI=1S/C16H14N4O4S2/c21-26(22,19-3-6-23-7-4-19)11-1-2-14-12(9-11)17-10-13-15(24-14)18-16-20(13)5-8-25-16/h1-2,5,8-10H,3-4,6-7H2. The predicted octanol–water partition coefficient (Wildman–Crippen LogP) is 2.27. The fourth-order valence-corrected chi connectivity index (χ4v) is 5.13. The van der Waals surface area contributed by atoms with E-state index in [4.69, 9.17) is 9.47 Å². The quantitative estimate of drug-likeness (QED) is 0.524. The Morgan fingerprint density at radius 1 is 1.19 bits per heavy atom. The zero-order valence-corrected chi connectivity index (χ0v) is 15.2. The summed E-state index contributed by atoms with van der Waals surface area (Å²) in [6.45, 7) is 1.52. The molecule has 0 spiro atoms. The number of hydrogen-bond acceptors (Lipinski definition) is 7. The average Bonchev–Trinajstić information content (AvgIpc) is 3.18. The zero-order valence-electron chi connectivity index (χ0n) is 13.5. The molecule has 2 aliphatic heterocycles. The Hall–Kier alpha value is -2.27. The van der Waals surface area contributed by atoms with Crippen molar-refractivity contribution in [3.63, 3.8) is 0 Å². The van der Waals surface area contributed by atoms with Crippen LogP contribution in [0.15, 0.2) is 39.7 Å². The number of imidazole rings is 1. The van der Waals surface area contributed by atoms with Gasteiger partial charge in [-0.15, -0.1) is 11.3 Å². The maximum atomic E-state index is 12.8. The van der Waals surface area contributed by atoms with Gasteiger partial charge in [-0.05, 0) is 18.2 Å². The summed E-state index contributed by atoms with van der Waals surface area (Å²) in [6, 6.07) is 4.71. The summed E-state index contributed by atoms with van der Waals surface area (Å²) in [5, 5.41) is 1.93. The minimum atomic E-state index is -3.58. The maximum absolute atomic E-state index is 12.8. The molecule has 1 fully saturated rings. The van der Waals surface area contributed by atoms with Gasteiger partial charge in [0.05, 0.1) is 24.3 Å². The number of aromatic nitrogens is 2. The summed E-state index contributed by atoms with van der Waals surface area (Å²) in [4.78, 5) is 9.89. The highest BCUT2D eigenvalue weighted by atomic mass is 32.2. The Kier molecular flexibility index (Phi) is 3.60. The Labute approximate surface area is 153 Å². The van der Waals surface area contributed by atoms with Crippen LogP contribution in [0, 0.1) is 0 Å². The highest BCUT2D eigenvalue weighted by Gasteiger charge is 2.28. The lowest BCUT2D eigenvalue weighted by Gasteiger charge is -2.26. The third kappa shape index (κ3) is 2.45. The summed E-state index contributed by atoms with van der Waals surface area (Å²) < 4.78 is 40.1. The molecule has 134 valence electrons. The van der Waals surface area contributed by atoms with Crippen LogP contribution < -0.4 is 4.74 Å². The van der Waals surface area contributed by atoms with Gasteiger partial charge >= 0.3 is 0 Å². The molecule has 0 saturated carbocycles. The number of morpholine rings is 1. The van der Waals surface area contributed by atoms with Gasteiger partial charge < -0.3 is 9.47 Å². The Balaban J connectivity index is 1.55. The van der Waals surface area contributed by atoms with Gasteiger partial charge in [0, 0.05) is 24.7 Å². The Morgan fingerprint density at radius 3 is 2.88 bits per heavy atom. The molecule has 0 bridgehead atoms. The fourth-order valence-electron chi connectivity index (χ4n) is 2.99. The van der Waals surface area contributed by atoms with Crippen LogP contribution in [0.3, 0.4) is 0 Å². The monoisotopic (exact) mass is 390 g/mol. The minimum Gasteiger partial charge on any atom is -0.435 e. The van der Waals surface area contributed by atoms with Crippen LogP contribution in [0.4, 0.5) is 5.69 Å². The van der Waals surface area contributed by atoms with Crippen molar-refractivity contribution in [1.29, 1.82) is 0 Å². The second-order valence-corrected chi connectivity index (χ2v) is 8.67. The first kappa shape index (κ1) is 15.9. The van der Waals surface area contributed by atoms with Crippen molar-refractivity contribution in [3.8, 4) is 11.6 Å². The predicted molar refractivity (Wildman–Crippen MR) is 96.4 cm³/mol. The number of thiazole rings is 1. The molecule has 0 amide bonds. The lowest BCUT2D eigenvalue weighted by Crippen LogP contribution is -2.40. The van der Waals surface area contributed by atoms with Gasteiger partial charge in [-0.2, -0.15) is 9.29 Å². The van der Waals surface area contributed by atoms with E-state index < -0.39 is 10.0 Å². The molecular formula is C16H14N4O4S2. The number of nitrogens with zero attached hydrogens (tertiary/aromatic N) is 4. The number of benzene rings is 1. The van der Waals surface area contributed by atoms with E-state index in [1.807, 2.05) is 16.0 Å². The van der Waals surface area contributed by atoms with Crippen LogP contribution in [0.5, 0.6) is 11.6 Å². The number of aliphatic imine (C=N–C) groups is 1. The average molecular weight is 390 g/mol. The zero-order chi connectivity index (χ0) is 17.7. The van der Waals surface area contributed by atoms with Crippen LogP contribution >= 0.6 is 11.3 Å². The smallest absolute Gasteiger partial charge is 0.248 e. The second kappa shape index (κ2) is 5.88. The number of sulfonamides is 1. The topological polar surface area (TPSA) is 85.5 Å². The molecule has 0 atom stereocenters. The summed E-state index contributed by atoms with van der Waals surface area (Å²) in [5.74, 6) is 0.940. The van der Waals surface area contributed by atoms with Crippen molar-refractivity contribution in [3.05, 3.63) is 35.5 Å². The lowest BCUT2D eigenvalue weighted by atomic mass is 10.3. The molecule has 8 nitrogen and oxygen atoms in total. The number of fused-ring (bicyclic) bond motifs is 4. The molecule has 10 heteroatoms. The van der Waals surface area contributed by atoms with Gasteiger partial charge in [0.2, 0.25) is 15.9 Å². The second-order valence-electron chi connectivity index (χ2n) is 5.86. The Morgan fingerprint density at radius 2 is 2.04 bits per heavy atom. The third-order valence-corrected chi connectivity index (χ3v) is 6.99. The number of hydrogen-bond donors (Lipinski definition) is 0. The van der Waals surface area contributed by atoms with Crippen LogP contribution in [-0.4, -0.2) is 54.6 Å². The molecule has 3 aromatic rings. The van der Waals surface area contributed by atoms with E-state index in [9.17, 15) is 8.42 Å². The first-order chi connectivity index (χ1) is 12.6. The SMILES string of the molecule is O=S(=O)(c1ccc2c(c1)N=Cc1c(nc3sccn13)O2)N1CCOCC1. The van der Waals surface area contributed by atoms with Crippen molar-refractivity contribution in [2.75, 3.05) is 26.3 Å². The molecule has 2 aliphatic rings. The highest BCUT2D eigenvalue weighted by Crippen LogP contribution is 2.38. The third-order valence-electron chi connectivity index (χ3n) is 4.34. The normalized spacial score (nSPS) is 17.5.